The molecule has 5 nitrogen and oxygen atoms in total. The molecule has 2 rings (SSSR count). The number of ether oxygens (including phenoxy) is 1. The molecular weight excluding hydrogens is 345 g/mol. The van der Waals surface area contributed by atoms with Gasteiger partial charge in [0.2, 0.25) is 0 Å². The summed E-state index contributed by atoms with van der Waals surface area (Å²) in [6.07, 6.45) is 0. The summed E-state index contributed by atoms with van der Waals surface area (Å²) in [5.41, 5.74) is -0.243. The zero-order chi connectivity index (χ0) is 17.0. The van der Waals surface area contributed by atoms with Crippen LogP contribution in [0.15, 0.2) is 53.4 Å². The summed E-state index contributed by atoms with van der Waals surface area (Å²) >= 11 is 5.75. The molecule has 0 aliphatic heterocycles. The van der Waals surface area contributed by atoms with E-state index < -0.39 is 28.4 Å². The van der Waals surface area contributed by atoms with Crippen LogP contribution in [-0.2, 0) is 19.6 Å². The smallest absolute Gasteiger partial charge is 0.326 e. The van der Waals surface area contributed by atoms with E-state index in [0.29, 0.717) is 9.33 Å². The highest BCUT2D eigenvalue weighted by molar-refractivity contribution is 7.92. The maximum absolute atomic E-state index is 14.0. The molecule has 0 radical (unpaired) electrons. The topological polar surface area (TPSA) is 63.7 Å². The van der Waals surface area contributed by atoms with E-state index in [0.717, 1.165) is 13.2 Å². The average molecular weight is 358 g/mol. The molecule has 0 unspecified atom stereocenters. The molecule has 122 valence electrons. The quantitative estimate of drug-likeness (QED) is 0.772. The number of methoxy groups -OCH3 is 1. The number of para-hydroxylation sites is 1. The Bertz CT molecular complexity index is 808. The molecule has 0 aromatic heterocycles. The van der Waals surface area contributed by atoms with Gasteiger partial charge >= 0.3 is 5.97 Å². The third-order valence-electron chi connectivity index (χ3n) is 3.02. The van der Waals surface area contributed by atoms with E-state index in [4.69, 9.17) is 11.6 Å². The highest BCUT2D eigenvalue weighted by Crippen LogP contribution is 2.26. The normalized spacial score (nSPS) is 11.1. The number of esters is 1. The molecular formula is C15H13ClFNO4S. The van der Waals surface area contributed by atoms with Crippen molar-refractivity contribution in [1.82, 2.24) is 0 Å². The average Bonchev–Trinajstić information content (AvgIpc) is 2.53. The minimum atomic E-state index is -4.16. The number of sulfonamides is 1. The third kappa shape index (κ3) is 3.80. The predicted octanol–water partition coefficient (Wildman–Crippen LogP) is 2.85. The van der Waals surface area contributed by atoms with Crippen molar-refractivity contribution in [2.24, 2.45) is 0 Å². The fourth-order valence-electron chi connectivity index (χ4n) is 1.87. The summed E-state index contributed by atoms with van der Waals surface area (Å²) in [4.78, 5) is 11.5. The Hall–Kier alpha value is -2.12. The van der Waals surface area contributed by atoms with Gasteiger partial charge in [0.25, 0.3) is 10.0 Å². The SMILES string of the molecule is COC(=O)CN(c1ccccc1F)S(=O)(=O)c1ccc(Cl)cc1. The van der Waals surface area contributed by atoms with Crippen LogP contribution in [0.3, 0.4) is 0 Å². The number of hydrogen-bond donors (Lipinski definition) is 0. The summed E-state index contributed by atoms with van der Waals surface area (Å²) in [7, 11) is -3.04. The monoisotopic (exact) mass is 357 g/mol. The van der Waals surface area contributed by atoms with E-state index in [1.165, 1.54) is 42.5 Å². The Labute approximate surface area is 138 Å². The molecule has 23 heavy (non-hydrogen) atoms. The molecule has 0 aliphatic carbocycles. The second kappa shape index (κ2) is 6.97. The molecule has 0 fully saturated rings. The van der Waals surface area contributed by atoms with Crippen molar-refractivity contribution >= 4 is 33.3 Å². The predicted molar refractivity (Wildman–Crippen MR) is 84.4 cm³/mol. The lowest BCUT2D eigenvalue weighted by atomic mass is 10.3. The molecule has 0 N–H and O–H groups in total. The maximum atomic E-state index is 14.0. The first kappa shape index (κ1) is 17.2. The fourth-order valence-corrected chi connectivity index (χ4v) is 3.41. The first-order chi connectivity index (χ1) is 10.9. The number of carbonyl (C=O) groups is 1. The number of carbonyl (C=O) groups excluding carboxylic acids is 1. The zero-order valence-electron chi connectivity index (χ0n) is 12.1. The lowest BCUT2D eigenvalue weighted by Gasteiger charge is -2.23. The molecule has 2 aromatic carbocycles. The van der Waals surface area contributed by atoms with Gasteiger partial charge in [0.15, 0.2) is 0 Å². The van der Waals surface area contributed by atoms with E-state index in [9.17, 15) is 17.6 Å². The Morgan fingerprint density at radius 2 is 1.78 bits per heavy atom. The van der Waals surface area contributed by atoms with Crippen molar-refractivity contribution in [1.29, 1.82) is 0 Å². The van der Waals surface area contributed by atoms with Gasteiger partial charge in [-0.05, 0) is 36.4 Å². The van der Waals surface area contributed by atoms with Crippen LogP contribution >= 0.6 is 11.6 Å². The van der Waals surface area contributed by atoms with Crippen LogP contribution in [0.1, 0.15) is 0 Å². The van der Waals surface area contributed by atoms with E-state index in [1.807, 2.05) is 0 Å². The molecule has 0 saturated heterocycles. The molecule has 0 heterocycles. The summed E-state index contributed by atoms with van der Waals surface area (Å²) in [5, 5.41) is 0.356. The first-order valence-electron chi connectivity index (χ1n) is 6.46. The Morgan fingerprint density at radius 1 is 1.17 bits per heavy atom. The van der Waals surface area contributed by atoms with Gasteiger partial charge < -0.3 is 4.74 Å². The highest BCUT2D eigenvalue weighted by Gasteiger charge is 2.29. The Morgan fingerprint density at radius 3 is 2.35 bits per heavy atom. The second-order valence-corrected chi connectivity index (χ2v) is 6.79. The van der Waals surface area contributed by atoms with Crippen molar-refractivity contribution in [3.05, 3.63) is 59.4 Å². The molecule has 0 spiro atoms. The lowest BCUT2D eigenvalue weighted by Crippen LogP contribution is -2.36. The highest BCUT2D eigenvalue weighted by atomic mass is 35.5. The number of anilines is 1. The van der Waals surface area contributed by atoms with Crippen molar-refractivity contribution in [3.63, 3.8) is 0 Å². The summed E-state index contributed by atoms with van der Waals surface area (Å²) < 4.78 is 44.7. The molecule has 0 saturated carbocycles. The number of nitrogens with zero attached hydrogens (tertiary/aromatic N) is 1. The summed E-state index contributed by atoms with van der Waals surface area (Å²) in [6.45, 7) is -0.650. The lowest BCUT2D eigenvalue weighted by molar-refractivity contribution is -0.138. The van der Waals surface area contributed by atoms with Crippen molar-refractivity contribution in [2.75, 3.05) is 18.0 Å². The van der Waals surface area contributed by atoms with E-state index in [-0.39, 0.29) is 10.6 Å². The molecule has 0 atom stereocenters. The van der Waals surface area contributed by atoms with Gasteiger partial charge in [-0.15, -0.1) is 0 Å². The van der Waals surface area contributed by atoms with Gasteiger partial charge in [0.05, 0.1) is 17.7 Å². The van der Waals surface area contributed by atoms with Crippen molar-refractivity contribution < 1.29 is 22.3 Å². The van der Waals surface area contributed by atoms with E-state index in [2.05, 4.69) is 4.74 Å². The molecule has 8 heteroatoms. The maximum Gasteiger partial charge on any atom is 0.326 e. The van der Waals surface area contributed by atoms with Crippen LogP contribution in [0.4, 0.5) is 10.1 Å². The molecule has 2 aromatic rings. The molecule has 0 amide bonds. The van der Waals surface area contributed by atoms with Crippen LogP contribution in [0, 0.1) is 5.82 Å². The van der Waals surface area contributed by atoms with Gasteiger partial charge in [-0.25, -0.2) is 12.8 Å². The minimum Gasteiger partial charge on any atom is -0.468 e. The van der Waals surface area contributed by atoms with Gasteiger partial charge in [-0.3, -0.25) is 9.10 Å². The summed E-state index contributed by atoms with van der Waals surface area (Å²) in [5.74, 6) is -1.58. The number of benzene rings is 2. The van der Waals surface area contributed by atoms with E-state index in [1.54, 1.807) is 0 Å². The van der Waals surface area contributed by atoms with Crippen LogP contribution in [0.5, 0.6) is 0 Å². The largest absolute Gasteiger partial charge is 0.468 e. The van der Waals surface area contributed by atoms with E-state index >= 15 is 0 Å². The van der Waals surface area contributed by atoms with Crippen molar-refractivity contribution in [3.8, 4) is 0 Å². The van der Waals surface area contributed by atoms with Gasteiger partial charge in [0, 0.05) is 5.02 Å². The van der Waals surface area contributed by atoms with Crippen LogP contribution in [-0.4, -0.2) is 28.0 Å². The Balaban J connectivity index is 2.54. The first-order valence-corrected chi connectivity index (χ1v) is 8.27. The van der Waals surface area contributed by atoms with Crippen LogP contribution < -0.4 is 4.31 Å². The van der Waals surface area contributed by atoms with Crippen LogP contribution in [0.2, 0.25) is 5.02 Å². The summed E-state index contributed by atoms with van der Waals surface area (Å²) in [6, 6.07) is 10.6. The van der Waals surface area contributed by atoms with Gasteiger partial charge in [-0.2, -0.15) is 0 Å². The number of hydrogen-bond acceptors (Lipinski definition) is 4. The zero-order valence-corrected chi connectivity index (χ0v) is 13.6. The van der Waals surface area contributed by atoms with Crippen molar-refractivity contribution in [2.45, 2.75) is 4.90 Å². The second-order valence-electron chi connectivity index (χ2n) is 4.49. The van der Waals surface area contributed by atoms with Gasteiger partial charge in [-0.1, -0.05) is 23.7 Å². The van der Waals surface area contributed by atoms with Gasteiger partial charge in [0.1, 0.15) is 12.4 Å². The van der Waals surface area contributed by atoms with Crippen LogP contribution in [0.25, 0.3) is 0 Å². The molecule has 0 bridgehead atoms. The minimum absolute atomic E-state index is 0.117. The molecule has 0 aliphatic rings. The fraction of sp³-hybridized carbons (Fsp3) is 0.133. The number of rotatable bonds is 5. The Kier molecular flexibility index (Phi) is 5.23. The number of halogens is 2. The third-order valence-corrected chi connectivity index (χ3v) is 5.05. The standard InChI is InChI=1S/C15H13ClFNO4S/c1-22-15(19)10-18(14-5-3-2-4-13(14)17)23(20,21)12-8-6-11(16)7-9-12/h2-9H,10H2,1H3.